The van der Waals surface area contributed by atoms with E-state index in [-0.39, 0.29) is 0 Å². The minimum atomic E-state index is 1.25. The molecule has 0 N–H and O–H groups in total. The highest BCUT2D eigenvalue weighted by Crippen LogP contribution is 2.59. The van der Waals surface area contributed by atoms with Gasteiger partial charge in [-0.3, -0.25) is 0 Å². The van der Waals surface area contributed by atoms with Crippen molar-refractivity contribution in [3.05, 3.63) is 253 Å². The van der Waals surface area contributed by atoms with Gasteiger partial charge in [0.05, 0.1) is 0 Å². The number of benzene rings is 14. The lowest BCUT2D eigenvalue weighted by Crippen LogP contribution is -1.88. The molecular formula is C79H48. The summed E-state index contributed by atoms with van der Waals surface area (Å²) in [6, 6.07) is 90.2. The number of fused-ring (bicyclic) bond motifs is 12. The highest BCUT2D eigenvalue weighted by Gasteiger charge is 2.31. The van der Waals surface area contributed by atoms with E-state index >= 15 is 0 Å². The molecule has 0 amide bonds. The van der Waals surface area contributed by atoms with E-state index in [9.17, 15) is 0 Å². The maximum atomic E-state index is 2.48. The Morgan fingerprint density at radius 1 is 0.152 bits per heavy atom. The van der Waals surface area contributed by atoms with Gasteiger partial charge in [-0.1, -0.05) is 237 Å². The molecule has 0 bridgehead atoms. The molecule has 0 atom stereocenters. The first kappa shape index (κ1) is 43.2. The molecule has 364 valence electrons. The number of aryl methyl sites for hydroxylation is 3. The van der Waals surface area contributed by atoms with Gasteiger partial charge in [-0.25, -0.2) is 0 Å². The first-order chi connectivity index (χ1) is 39.0. The molecule has 0 heterocycles. The standard InChI is InChI=1S/C79H48/c1-43-33-36-58-68-50(43)27-16-30-55(68)72-64(46-19-8-4-9-20-46)77-60-41-39-52(53-29-18-32-57(70(53)60)74(77)65(75(58)72)47-21-10-5-11-22-47)54-40-42-62-71-61(38-35-45(3)63(54)71)78-67(49-25-14-7-15-26-49)76-59-37-34-44(2)51-28-17-31-56(69(51)59)73(76)66(79(62)78)48-23-12-6-13-24-48/h4-42H,1-3H3. The zero-order chi connectivity index (χ0) is 51.9. The molecule has 0 spiro atoms. The Morgan fingerprint density at radius 3 is 0.785 bits per heavy atom. The molecule has 18 rings (SSSR count). The summed E-state index contributed by atoms with van der Waals surface area (Å²) in [5.74, 6) is 0. The summed E-state index contributed by atoms with van der Waals surface area (Å²) >= 11 is 0. The molecule has 0 aromatic heterocycles. The SMILES string of the molecule is Cc1ccc2c3c(-c4ccccc4)c4c5cccc6c(-c7ccc8c9c(-c%10ccccc%10)c%10c%11cccc%12c(C)ccc(c%10c(-c%10ccccc%10)c9c9ccc(C)c7c98)c%12%11)ccc(c4c(-c4ccccc4)c3c3cccc1c23)c65. The van der Waals surface area contributed by atoms with Crippen LogP contribution in [-0.2, 0) is 0 Å². The van der Waals surface area contributed by atoms with Crippen LogP contribution in [0.2, 0.25) is 0 Å². The molecule has 18 aromatic carbocycles. The summed E-state index contributed by atoms with van der Waals surface area (Å²) in [6.07, 6.45) is 0. The van der Waals surface area contributed by atoms with E-state index in [1.165, 1.54) is 202 Å². The molecule has 0 heteroatoms. The molecule has 0 aliphatic heterocycles. The Bertz CT molecular complexity index is 5380. The zero-order valence-corrected chi connectivity index (χ0v) is 44.0. The van der Waals surface area contributed by atoms with Gasteiger partial charge in [0.25, 0.3) is 0 Å². The van der Waals surface area contributed by atoms with Crippen LogP contribution in [0.3, 0.4) is 0 Å². The fraction of sp³-hybridized carbons (Fsp3) is 0.0380. The molecule has 79 heavy (non-hydrogen) atoms. The van der Waals surface area contributed by atoms with E-state index in [1.54, 1.807) is 0 Å². The predicted octanol–water partition coefficient (Wildman–Crippen LogP) is 22.5. The Kier molecular flexibility index (Phi) is 8.56. The summed E-state index contributed by atoms with van der Waals surface area (Å²) in [7, 11) is 0. The van der Waals surface area contributed by atoms with Crippen LogP contribution < -0.4 is 0 Å². The van der Waals surface area contributed by atoms with Gasteiger partial charge in [0.1, 0.15) is 0 Å². The zero-order valence-electron chi connectivity index (χ0n) is 44.0. The Morgan fingerprint density at radius 2 is 0.418 bits per heavy atom. The van der Waals surface area contributed by atoms with Crippen LogP contribution in [0.25, 0.3) is 185 Å². The minimum Gasteiger partial charge on any atom is -0.0622 e. The van der Waals surface area contributed by atoms with Crippen LogP contribution in [-0.4, -0.2) is 0 Å². The van der Waals surface area contributed by atoms with E-state index in [0.717, 1.165) is 0 Å². The average Bonchev–Trinajstić information content (AvgIpc) is 4.12. The van der Waals surface area contributed by atoms with E-state index < -0.39 is 0 Å². The molecule has 0 aliphatic carbocycles. The van der Waals surface area contributed by atoms with Gasteiger partial charge >= 0.3 is 0 Å². The first-order valence-corrected chi connectivity index (χ1v) is 27.9. The topological polar surface area (TPSA) is 0 Å². The first-order valence-electron chi connectivity index (χ1n) is 27.9. The van der Waals surface area contributed by atoms with Crippen molar-refractivity contribution in [2.75, 3.05) is 0 Å². The number of rotatable bonds is 5. The third-order valence-corrected chi connectivity index (χ3v) is 18.6. The summed E-state index contributed by atoms with van der Waals surface area (Å²) < 4.78 is 0. The number of hydrogen-bond donors (Lipinski definition) is 0. The van der Waals surface area contributed by atoms with Crippen molar-refractivity contribution in [3.63, 3.8) is 0 Å². The fourth-order valence-electron chi connectivity index (χ4n) is 15.5. The smallest absolute Gasteiger partial charge is 0.000718 e. The average molecular weight is 997 g/mol. The van der Waals surface area contributed by atoms with Gasteiger partial charge in [0.2, 0.25) is 0 Å². The normalized spacial score (nSPS) is 12.5. The third-order valence-electron chi connectivity index (χ3n) is 18.6. The fourth-order valence-corrected chi connectivity index (χ4v) is 15.5. The van der Waals surface area contributed by atoms with Crippen molar-refractivity contribution in [1.82, 2.24) is 0 Å². The monoisotopic (exact) mass is 996 g/mol. The van der Waals surface area contributed by atoms with Gasteiger partial charge in [-0.2, -0.15) is 0 Å². The van der Waals surface area contributed by atoms with Crippen molar-refractivity contribution in [2.45, 2.75) is 20.8 Å². The van der Waals surface area contributed by atoms with Gasteiger partial charge in [0.15, 0.2) is 0 Å². The lowest BCUT2D eigenvalue weighted by molar-refractivity contribution is 1.55. The van der Waals surface area contributed by atoms with Crippen molar-refractivity contribution in [2.24, 2.45) is 0 Å². The molecule has 0 radical (unpaired) electrons. The van der Waals surface area contributed by atoms with Crippen LogP contribution in [0.1, 0.15) is 16.7 Å². The quantitative estimate of drug-likeness (QED) is 0.161. The van der Waals surface area contributed by atoms with E-state index in [0.29, 0.717) is 0 Å². The van der Waals surface area contributed by atoms with E-state index in [4.69, 9.17) is 0 Å². The molecule has 0 nitrogen and oxygen atoms in total. The van der Waals surface area contributed by atoms with Gasteiger partial charge in [-0.15, -0.1) is 0 Å². The van der Waals surface area contributed by atoms with Crippen molar-refractivity contribution in [1.29, 1.82) is 0 Å². The second kappa shape index (κ2) is 15.6. The minimum absolute atomic E-state index is 1.25. The third kappa shape index (κ3) is 5.48. The van der Waals surface area contributed by atoms with Crippen molar-refractivity contribution < 1.29 is 0 Å². The van der Waals surface area contributed by atoms with Crippen LogP contribution in [0, 0.1) is 20.8 Å². The molecule has 0 saturated carbocycles. The lowest BCUT2D eigenvalue weighted by Gasteiger charge is -2.15. The maximum Gasteiger partial charge on any atom is -0.000718 e. The molecule has 0 aliphatic rings. The Balaban J connectivity index is 1.01. The lowest BCUT2D eigenvalue weighted by atomic mass is 9.87. The van der Waals surface area contributed by atoms with Crippen LogP contribution >= 0.6 is 0 Å². The predicted molar refractivity (Wildman–Crippen MR) is 343 cm³/mol. The second-order valence-corrected chi connectivity index (χ2v) is 22.5. The number of hydrogen-bond acceptors (Lipinski definition) is 0. The molecular weight excluding hydrogens is 949 g/mol. The molecule has 0 unspecified atom stereocenters. The van der Waals surface area contributed by atoms with Crippen molar-refractivity contribution >= 4 is 129 Å². The largest absolute Gasteiger partial charge is 0.0622 e. The van der Waals surface area contributed by atoms with Crippen LogP contribution in [0.4, 0.5) is 0 Å². The molecule has 0 fully saturated rings. The summed E-state index contributed by atoms with van der Waals surface area (Å²) in [4.78, 5) is 0. The van der Waals surface area contributed by atoms with Crippen LogP contribution in [0.15, 0.2) is 237 Å². The summed E-state index contributed by atoms with van der Waals surface area (Å²) in [6.45, 7) is 6.85. The molecule has 0 saturated heterocycles. The highest BCUT2D eigenvalue weighted by molar-refractivity contribution is 6.49. The van der Waals surface area contributed by atoms with Gasteiger partial charge in [-0.05, 0) is 222 Å². The molecule has 18 aromatic rings. The second-order valence-electron chi connectivity index (χ2n) is 22.5. The van der Waals surface area contributed by atoms with Crippen molar-refractivity contribution in [3.8, 4) is 55.6 Å². The van der Waals surface area contributed by atoms with E-state index in [1.807, 2.05) is 0 Å². The van der Waals surface area contributed by atoms with Gasteiger partial charge in [0, 0.05) is 0 Å². The van der Waals surface area contributed by atoms with Crippen LogP contribution in [0.5, 0.6) is 0 Å². The Hall–Kier alpha value is -9.88. The summed E-state index contributed by atoms with van der Waals surface area (Å²) in [5, 5.41) is 31.9. The Labute approximate surface area is 456 Å². The highest BCUT2D eigenvalue weighted by atomic mass is 14.3. The maximum absolute atomic E-state index is 2.48. The van der Waals surface area contributed by atoms with Gasteiger partial charge < -0.3 is 0 Å². The van der Waals surface area contributed by atoms with E-state index in [2.05, 4.69) is 257 Å². The summed E-state index contributed by atoms with van der Waals surface area (Å²) in [5.41, 5.74) is 16.7.